The van der Waals surface area contributed by atoms with Gasteiger partial charge in [0.1, 0.15) is 0 Å². The molecule has 0 atom stereocenters. The number of ether oxygens (including phenoxy) is 3. The molecule has 6 N–H and O–H groups in total. The van der Waals surface area contributed by atoms with Gasteiger partial charge >= 0.3 is 24.4 Å². The Hall–Kier alpha value is -2.32. The third-order valence-corrected chi connectivity index (χ3v) is 0.572. The molecule has 9 heteroatoms. The summed E-state index contributed by atoms with van der Waals surface area (Å²) in [6, 6.07) is 0. The van der Waals surface area contributed by atoms with E-state index in [9.17, 15) is 9.59 Å². The van der Waals surface area contributed by atoms with Gasteiger partial charge in [-0.3, -0.25) is 0 Å². The molecule has 0 rings (SSSR count). The minimum absolute atomic E-state index is 1.10. The SMILES string of the molecule is N=C(OC(=N)OC(N)=O)OC(N)=O. The lowest BCUT2D eigenvalue weighted by molar-refractivity contribution is 0.174. The Morgan fingerprint density at radius 3 is 1.38 bits per heavy atom. The zero-order valence-corrected chi connectivity index (χ0v) is 6.20. The molecule has 72 valence electrons. The van der Waals surface area contributed by atoms with Crippen molar-refractivity contribution >= 4 is 24.4 Å². The maximum atomic E-state index is 9.99. The maximum absolute atomic E-state index is 9.99. The molecule has 0 saturated heterocycles. The first-order valence-electron chi connectivity index (χ1n) is 2.71. The van der Waals surface area contributed by atoms with Gasteiger partial charge in [0.15, 0.2) is 0 Å². The van der Waals surface area contributed by atoms with Crippen molar-refractivity contribution in [3.63, 3.8) is 0 Å². The van der Waals surface area contributed by atoms with Gasteiger partial charge in [0.05, 0.1) is 0 Å². The fourth-order valence-electron chi connectivity index (χ4n) is 0.309. The smallest absolute Gasteiger partial charge is 0.361 e. The first-order chi connectivity index (χ1) is 5.91. The maximum Gasteiger partial charge on any atom is 0.413 e. The summed E-state index contributed by atoms with van der Waals surface area (Å²) in [5.74, 6) is 0. The van der Waals surface area contributed by atoms with E-state index in [4.69, 9.17) is 10.8 Å². The van der Waals surface area contributed by atoms with Crippen molar-refractivity contribution in [3.8, 4) is 0 Å². The van der Waals surface area contributed by atoms with Gasteiger partial charge in [-0.1, -0.05) is 0 Å². The van der Waals surface area contributed by atoms with Crippen LogP contribution in [0.15, 0.2) is 0 Å². The van der Waals surface area contributed by atoms with E-state index in [0.717, 1.165) is 0 Å². The van der Waals surface area contributed by atoms with Gasteiger partial charge in [0.2, 0.25) is 0 Å². The summed E-state index contributed by atoms with van der Waals surface area (Å²) < 4.78 is 11.7. The van der Waals surface area contributed by atoms with Gasteiger partial charge in [-0.05, 0) is 0 Å². The minimum atomic E-state index is -1.29. The first kappa shape index (κ1) is 10.7. The number of carbonyl (C=O) groups is 2. The molecule has 13 heavy (non-hydrogen) atoms. The lowest BCUT2D eigenvalue weighted by Crippen LogP contribution is -2.26. The first-order valence-corrected chi connectivity index (χ1v) is 2.71. The van der Waals surface area contributed by atoms with E-state index in [1.54, 1.807) is 0 Å². The molecule has 0 spiro atoms. The average Bonchev–Trinajstić information content (AvgIpc) is 1.80. The standard InChI is InChI=1S/C4H6N4O5/c5-1(9)11-3(7)13-4(8)12-2(6)10/h7-8H,(H2,5,9)(H2,6,10). The van der Waals surface area contributed by atoms with Gasteiger partial charge in [0, 0.05) is 0 Å². The van der Waals surface area contributed by atoms with Crippen LogP contribution in [0.5, 0.6) is 0 Å². The van der Waals surface area contributed by atoms with Crippen molar-refractivity contribution in [3.05, 3.63) is 0 Å². The Bertz CT molecular complexity index is 235. The summed E-state index contributed by atoms with van der Waals surface area (Å²) in [4.78, 5) is 20.0. The fraction of sp³-hybridized carbons (Fsp3) is 0. The molecule has 0 saturated carbocycles. The molecular formula is C4H6N4O5. The number of hydrogen-bond donors (Lipinski definition) is 4. The molecule has 0 aromatic rings. The predicted molar refractivity (Wildman–Crippen MR) is 37.9 cm³/mol. The fourth-order valence-corrected chi connectivity index (χ4v) is 0.309. The second-order valence-corrected chi connectivity index (χ2v) is 1.52. The van der Waals surface area contributed by atoms with Crippen LogP contribution in [0.25, 0.3) is 0 Å². The van der Waals surface area contributed by atoms with E-state index < -0.39 is 24.4 Å². The van der Waals surface area contributed by atoms with Crippen molar-refractivity contribution in [2.45, 2.75) is 0 Å². The molecule has 0 aliphatic carbocycles. The highest BCUT2D eigenvalue weighted by molar-refractivity contribution is 5.90. The van der Waals surface area contributed by atoms with Crippen LogP contribution in [0.4, 0.5) is 9.59 Å². The van der Waals surface area contributed by atoms with Crippen LogP contribution in [0.3, 0.4) is 0 Å². The van der Waals surface area contributed by atoms with Crippen molar-refractivity contribution in [1.29, 1.82) is 10.8 Å². The Labute approximate surface area is 71.5 Å². The Balaban J connectivity index is 3.85. The van der Waals surface area contributed by atoms with Gasteiger partial charge in [-0.25, -0.2) is 20.4 Å². The lowest BCUT2D eigenvalue weighted by atomic mass is 11.1. The molecule has 9 nitrogen and oxygen atoms in total. The van der Waals surface area contributed by atoms with Gasteiger partial charge in [-0.15, -0.1) is 0 Å². The Kier molecular flexibility index (Phi) is 3.73. The van der Waals surface area contributed by atoms with Crippen molar-refractivity contribution in [2.75, 3.05) is 0 Å². The Morgan fingerprint density at radius 1 is 0.846 bits per heavy atom. The quantitative estimate of drug-likeness (QED) is 0.286. The van der Waals surface area contributed by atoms with E-state index in [1.165, 1.54) is 0 Å². The summed E-state index contributed by atoms with van der Waals surface area (Å²) in [6.45, 7) is 0. The van der Waals surface area contributed by atoms with E-state index >= 15 is 0 Å². The van der Waals surface area contributed by atoms with Gasteiger partial charge in [0.25, 0.3) is 0 Å². The summed E-state index contributed by atoms with van der Waals surface area (Å²) in [6.07, 6.45) is -4.79. The van der Waals surface area contributed by atoms with Crippen LogP contribution in [-0.4, -0.2) is 24.4 Å². The largest absolute Gasteiger partial charge is 0.413 e. The number of rotatable bonds is 0. The lowest BCUT2D eigenvalue weighted by Gasteiger charge is -2.03. The average molecular weight is 190 g/mol. The van der Waals surface area contributed by atoms with Crippen molar-refractivity contribution < 1.29 is 23.8 Å². The second-order valence-electron chi connectivity index (χ2n) is 1.52. The molecule has 0 aromatic carbocycles. The van der Waals surface area contributed by atoms with Crippen LogP contribution in [0, 0.1) is 10.8 Å². The van der Waals surface area contributed by atoms with E-state index in [-0.39, 0.29) is 0 Å². The van der Waals surface area contributed by atoms with Crippen LogP contribution in [0.1, 0.15) is 0 Å². The number of hydrogen-bond acceptors (Lipinski definition) is 7. The van der Waals surface area contributed by atoms with Crippen molar-refractivity contribution in [2.24, 2.45) is 11.5 Å². The molecule has 0 heterocycles. The van der Waals surface area contributed by atoms with Crippen LogP contribution in [0.2, 0.25) is 0 Å². The second kappa shape index (κ2) is 4.54. The summed E-state index contributed by atoms with van der Waals surface area (Å²) in [5, 5.41) is 13.4. The molecule has 2 amide bonds. The van der Waals surface area contributed by atoms with Crippen LogP contribution >= 0.6 is 0 Å². The zero-order valence-electron chi connectivity index (χ0n) is 6.20. The number of carbonyl (C=O) groups excluding carboxylic acids is 2. The summed E-state index contributed by atoms with van der Waals surface area (Å²) in [7, 11) is 0. The van der Waals surface area contributed by atoms with Gasteiger partial charge < -0.3 is 25.7 Å². The zero-order chi connectivity index (χ0) is 10.4. The minimum Gasteiger partial charge on any atom is -0.361 e. The van der Waals surface area contributed by atoms with E-state index in [2.05, 4.69) is 25.7 Å². The number of amides is 2. The third kappa shape index (κ3) is 6.09. The topological polar surface area (TPSA) is 162 Å². The van der Waals surface area contributed by atoms with E-state index in [0.29, 0.717) is 0 Å². The molecule has 0 aliphatic rings. The molecular weight excluding hydrogens is 184 g/mol. The van der Waals surface area contributed by atoms with E-state index in [1.807, 2.05) is 0 Å². The highest BCUT2D eigenvalue weighted by atomic mass is 16.8. The molecule has 0 fully saturated rings. The molecule has 0 radical (unpaired) electrons. The predicted octanol–water partition coefficient (Wildman–Crippen LogP) is -0.937. The number of primary amides is 2. The Morgan fingerprint density at radius 2 is 1.15 bits per heavy atom. The monoisotopic (exact) mass is 190 g/mol. The van der Waals surface area contributed by atoms with Crippen molar-refractivity contribution in [1.82, 2.24) is 0 Å². The van der Waals surface area contributed by atoms with Crippen LogP contribution < -0.4 is 11.5 Å². The summed E-state index contributed by atoms with van der Waals surface area (Å²) in [5.41, 5.74) is 8.97. The molecule has 0 unspecified atom stereocenters. The molecule has 0 aromatic heterocycles. The number of nitrogens with one attached hydrogen (secondary N) is 2. The van der Waals surface area contributed by atoms with Gasteiger partial charge in [-0.2, -0.15) is 0 Å². The highest BCUT2D eigenvalue weighted by Gasteiger charge is 2.10. The molecule has 0 aliphatic heterocycles. The van der Waals surface area contributed by atoms with Crippen LogP contribution in [-0.2, 0) is 14.2 Å². The molecule has 0 bridgehead atoms. The third-order valence-electron chi connectivity index (χ3n) is 0.572. The highest BCUT2D eigenvalue weighted by Crippen LogP contribution is 1.87. The summed E-state index contributed by atoms with van der Waals surface area (Å²) >= 11 is 0. The number of nitrogens with two attached hydrogens (primary N) is 2. The normalized spacial score (nSPS) is 8.31.